The lowest BCUT2D eigenvalue weighted by Crippen LogP contribution is -2.06. The number of carbonyl (C=O) groups is 1. The number of nitrogen functional groups attached to an aromatic ring is 1. The summed E-state index contributed by atoms with van der Waals surface area (Å²) in [6.45, 7) is 2.37. The van der Waals surface area contributed by atoms with Crippen molar-refractivity contribution in [2.45, 2.75) is 6.92 Å². The van der Waals surface area contributed by atoms with Gasteiger partial charge in [0.2, 0.25) is 5.88 Å². The van der Waals surface area contributed by atoms with Crippen molar-refractivity contribution in [2.24, 2.45) is 0 Å². The fourth-order valence-corrected chi connectivity index (χ4v) is 1.57. The Bertz CT molecular complexity index is 614. The summed E-state index contributed by atoms with van der Waals surface area (Å²) >= 11 is 0. The molecule has 0 atom stereocenters. The van der Waals surface area contributed by atoms with Crippen LogP contribution in [0.25, 0.3) is 11.4 Å². The number of carboxylic acid groups (broad SMARTS) is 1. The van der Waals surface area contributed by atoms with E-state index in [0.717, 1.165) is 0 Å². The van der Waals surface area contributed by atoms with E-state index in [1.54, 1.807) is 24.3 Å². The normalized spacial score (nSPS) is 10.2. The minimum absolute atomic E-state index is 0.122. The van der Waals surface area contributed by atoms with Crippen LogP contribution < -0.4 is 10.5 Å². The molecule has 0 bridgehead atoms. The molecule has 0 aromatic carbocycles. The van der Waals surface area contributed by atoms with Crippen LogP contribution in [0, 0.1) is 0 Å². The van der Waals surface area contributed by atoms with Gasteiger partial charge in [-0.15, -0.1) is 0 Å². The maximum absolute atomic E-state index is 11.0. The summed E-state index contributed by atoms with van der Waals surface area (Å²) in [5.41, 5.74) is 6.47. The molecule has 6 heteroatoms. The van der Waals surface area contributed by atoms with Crippen molar-refractivity contribution in [2.75, 3.05) is 12.3 Å². The Labute approximate surface area is 109 Å². The van der Waals surface area contributed by atoms with Crippen molar-refractivity contribution >= 4 is 11.7 Å². The number of hydrogen-bond donors (Lipinski definition) is 2. The maximum atomic E-state index is 11.0. The van der Waals surface area contributed by atoms with Crippen LogP contribution in [0.15, 0.2) is 30.3 Å². The van der Waals surface area contributed by atoms with Crippen molar-refractivity contribution in [1.29, 1.82) is 0 Å². The summed E-state index contributed by atoms with van der Waals surface area (Å²) in [6, 6.07) is 8.35. The van der Waals surface area contributed by atoms with Gasteiger partial charge in [-0.2, -0.15) is 0 Å². The highest BCUT2D eigenvalue weighted by Gasteiger charge is 2.12. The molecule has 0 unspecified atom stereocenters. The number of ether oxygens (including phenoxy) is 1. The molecule has 6 nitrogen and oxygen atoms in total. The van der Waals surface area contributed by atoms with Gasteiger partial charge in [-0.3, -0.25) is 0 Å². The zero-order valence-corrected chi connectivity index (χ0v) is 10.3. The first-order chi connectivity index (χ1) is 9.11. The molecule has 0 fully saturated rings. The molecular weight excluding hydrogens is 246 g/mol. The minimum Gasteiger partial charge on any atom is -0.478 e. The molecule has 0 aliphatic heterocycles. The van der Waals surface area contributed by atoms with Crippen molar-refractivity contribution in [1.82, 2.24) is 9.97 Å². The molecule has 19 heavy (non-hydrogen) atoms. The maximum Gasteiger partial charge on any atom is 0.356 e. The first-order valence-corrected chi connectivity index (χ1v) is 5.72. The summed E-state index contributed by atoms with van der Waals surface area (Å²) in [5.74, 6) is -0.698. The summed E-state index contributed by atoms with van der Waals surface area (Å²) in [7, 11) is 0. The predicted octanol–water partition coefficient (Wildman–Crippen LogP) is 1.82. The molecule has 2 aromatic rings. The van der Waals surface area contributed by atoms with Gasteiger partial charge in [0.1, 0.15) is 0 Å². The second-order valence-corrected chi connectivity index (χ2v) is 3.73. The number of aromatic nitrogens is 2. The molecule has 2 rings (SSSR count). The fourth-order valence-electron chi connectivity index (χ4n) is 1.57. The van der Waals surface area contributed by atoms with Crippen LogP contribution >= 0.6 is 0 Å². The molecule has 2 aromatic heterocycles. The summed E-state index contributed by atoms with van der Waals surface area (Å²) < 4.78 is 5.29. The number of hydrogen-bond acceptors (Lipinski definition) is 5. The topological polar surface area (TPSA) is 98.3 Å². The van der Waals surface area contributed by atoms with E-state index in [-0.39, 0.29) is 11.4 Å². The number of anilines is 1. The molecule has 0 amide bonds. The predicted molar refractivity (Wildman–Crippen MR) is 70.0 cm³/mol. The van der Waals surface area contributed by atoms with E-state index < -0.39 is 5.97 Å². The molecule has 3 N–H and O–H groups in total. The fraction of sp³-hybridized carbons (Fsp3) is 0.154. The van der Waals surface area contributed by atoms with Crippen molar-refractivity contribution in [3.05, 3.63) is 36.0 Å². The van der Waals surface area contributed by atoms with Gasteiger partial charge in [0.25, 0.3) is 0 Å². The van der Waals surface area contributed by atoms with Crippen LogP contribution in [0.5, 0.6) is 5.88 Å². The van der Waals surface area contributed by atoms with E-state index in [2.05, 4.69) is 9.97 Å². The third-order valence-electron chi connectivity index (χ3n) is 2.41. The number of nitrogens with two attached hydrogens (primary N) is 1. The number of aromatic carboxylic acids is 1. The Hall–Kier alpha value is -2.63. The largest absolute Gasteiger partial charge is 0.478 e. The highest BCUT2D eigenvalue weighted by atomic mass is 16.5. The van der Waals surface area contributed by atoms with Crippen LogP contribution in [-0.4, -0.2) is 27.7 Å². The second kappa shape index (κ2) is 5.34. The first-order valence-electron chi connectivity index (χ1n) is 5.72. The number of carboxylic acids is 1. The standard InChI is InChI=1S/C13H13N3O3/c1-2-19-11-5-3-4-9(15-11)10-7-6-8(14)12(16-10)13(17)18/h3-7H,2,14H2,1H3,(H,17,18). The van der Waals surface area contributed by atoms with Crippen LogP contribution in [0.2, 0.25) is 0 Å². The molecule has 0 spiro atoms. The van der Waals surface area contributed by atoms with Gasteiger partial charge in [-0.05, 0) is 25.1 Å². The SMILES string of the molecule is CCOc1cccc(-c2ccc(N)c(C(=O)O)n2)n1. The van der Waals surface area contributed by atoms with E-state index in [0.29, 0.717) is 23.9 Å². The second-order valence-electron chi connectivity index (χ2n) is 3.73. The lowest BCUT2D eigenvalue weighted by atomic mass is 10.2. The van der Waals surface area contributed by atoms with Crippen LogP contribution in [-0.2, 0) is 0 Å². The van der Waals surface area contributed by atoms with Crippen molar-refractivity contribution in [3.8, 4) is 17.3 Å². The number of pyridine rings is 2. The molecule has 98 valence electrons. The Kier molecular flexibility index (Phi) is 3.61. The molecule has 0 aliphatic rings. The molecular formula is C13H13N3O3. The summed E-state index contributed by atoms with van der Waals surface area (Å²) in [6.07, 6.45) is 0. The van der Waals surface area contributed by atoms with Gasteiger partial charge in [0.05, 0.1) is 23.7 Å². The van der Waals surface area contributed by atoms with Crippen molar-refractivity contribution in [3.63, 3.8) is 0 Å². The molecule has 0 saturated carbocycles. The van der Waals surface area contributed by atoms with Crippen LogP contribution in [0.1, 0.15) is 17.4 Å². The molecule has 2 heterocycles. The van der Waals surface area contributed by atoms with Crippen LogP contribution in [0.3, 0.4) is 0 Å². The summed E-state index contributed by atoms with van der Waals surface area (Å²) in [5, 5.41) is 8.99. The molecule has 0 radical (unpaired) electrons. The van der Waals surface area contributed by atoms with E-state index in [4.69, 9.17) is 15.6 Å². The Morgan fingerprint density at radius 2 is 2.00 bits per heavy atom. The van der Waals surface area contributed by atoms with Gasteiger partial charge < -0.3 is 15.6 Å². The van der Waals surface area contributed by atoms with Gasteiger partial charge in [0, 0.05) is 6.07 Å². The Morgan fingerprint density at radius 3 is 2.68 bits per heavy atom. The van der Waals surface area contributed by atoms with E-state index in [1.807, 2.05) is 6.92 Å². The third-order valence-corrected chi connectivity index (χ3v) is 2.41. The van der Waals surface area contributed by atoms with Gasteiger partial charge in [-0.25, -0.2) is 14.8 Å². The average molecular weight is 259 g/mol. The molecule has 0 aliphatic carbocycles. The third kappa shape index (κ3) is 2.79. The quantitative estimate of drug-likeness (QED) is 0.869. The van der Waals surface area contributed by atoms with Gasteiger partial charge in [0.15, 0.2) is 5.69 Å². The first kappa shape index (κ1) is 12.8. The lowest BCUT2D eigenvalue weighted by Gasteiger charge is -2.06. The van der Waals surface area contributed by atoms with E-state index in [1.165, 1.54) is 6.07 Å². The highest BCUT2D eigenvalue weighted by Crippen LogP contribution is 2.20. The average Bonchev–Trinajstić information content (AvgIpc) is 2.39. The highest BCUT2D eigenvalue weighted by molar-refractivity contribution is 5.92. The lowest BCUT2D eigenvalue weighted by molar-refractivity contribution is 0.0692. The van der Waals surface area contributed by atoms with Crippen LogP contribution in [0.4, 0.5) is 5.69 Å². The van der Waals surface area contributed by atoms with Gasteiger partial charge in [-0.1, -0.05) is 6.07 Å². The smallest absolute Gasteiger partial charge is 0.356 e. The zero-order chi connectivity index (χ0) is 13.8. The minimum atomic E-state index is -1.17. The Balaban J connectivity index is 2.44. The molecule has 0 saturated heterocycles. The zero-order valence-electron chi connectivity index (χ0n) is 10.3. The number of nitrogens with zero attached hydrogens (tertiary/aromatic N) is 2. The van der Waals surface area contributed by atoms with E-state index in [9.17, 15) is 4.79 Å². The monoisotopic (exact) mass is 259 g/mol. The Morgan fingerprint density at radius 1 is 1.26 bits per heavy atom. The van der Waals surface area contributed by atoms with E-state index >= 15 is 0 Å². The van der Waals surface area contributed by atoms with Gasteiger partial charge >= 0.3 is 5.97 Å². The number of rotatable bonds is 4. The summed E-state index contributed by atoms with van der Waals surface area (Å²) in [4.78, 5) is 19.2. The van der Waals surface area contributed by atoms with Crippen molar-refractivity contribution < 1.29 is 14.6 Å².